The molecule has 1 amide bonds. The third kappa shape index (κ3) is 8.04. The van der Waals surface area contributed by atoms with Crippen molar-refractivity contribution in [2.24, 2.45) is 0 Å². The molecule has 2 aromatic carbocycles. The lowest BCUT2D eigenvalue weighted by molar-refractivity contribution is 0.0376. The summed E-state index contributed by atoms with van der Waals surface area (Å²) < 4.78 is 40.2. The minimum atomic E-state index is -3.64. The number of morpholine rings is 1. The molecule has 2 heterocycles. The summed E-state index contributed by atoms with van der Waals surface area (Å²) >= 11 is 1.45. The van der Waals surface area contributed by atoms with Gasteiger partial charge in [0.2, 0.25) is 10.0 Å². The van der Waals surface area contributed by atoms with Gasteiger partial charge in [0.1, 0.15) is 5.75 Å². The van der Waals surface area contributed by atoms with Crippen molar-refractivity contribution in [1.82, 2.24) is 14.2 Å². The highest BCUT2D eigenvalue weighted by molar-refractivity contribution is 7.89. The molecular formula is C30H42N4O5S2. The zero-order valence-electron chi connectivity index (χ0n) is 24.4. The number of rotatable bonds is 15. The standard InChI is InChI=1S/C30H42N4O5S2/c1-4-6-16-33(17-7-5-2)41(36,37)26-12-9-24(10-13-26)29(35)34(18-8-15-32-19-21-39-22-20-32)30-31-27-14-11-25(38-3)23-28(27)40-30/h9-14,23H,4-8,15-22H2,1-3H3. The van der Waals surface area contributed by atoms with Crippen LogP contribution in [0, 0.1) is 0 Å². The van der Waals surface area contributed by atoms with E-state index in [4.69, 9.17) is 14.5 Å². The Balaban J connectivity index is 1.57. The van der Waals surface area contributed by atoms with E-state index < -0.39 is 10.0 Å². The summed E-state index contributed by atoms with van der Waals surface area (Å²) in [7, 11) is -2.01. The zero-order chi connectivity index (χ0) is 29.2. The first kappa shape index (κ1) is 31.4. The van der Waals surface area contributed by atoms with E-state index in [1.54, 1.807) is 40.6 Å². The quantitative estimate of drug-likeness (QED) is 0.234. The second-order valence-electron chi connectivity index (χ2n) is 10.2. The van der Waals surface area contributed by atoms with Crippen LogP contribution in [0.25, 0.3) is 10.2 Å². The molecule has 0 N–H and O–H groups in total. The van der Waals surface area contributed by atoms with Crippen LogP contribution in [-0.2, 0) is 14.8 Å². The van der Waals surface area contributed by atoms with Gasteiger partial charge < -0.3 is 9.47 Å². The second-order valence-corrected chi connectivity index (χ2v) is 13.2. The molecule has 1 fully saturated rings. The number of methoxy groups -OCH3 is 1. The number of aromatic nitrogens is 1. The molecule has 0 saturated carbocycles. The lowest BCUT2D eigenvalue weighted by Gasteiger charge is -2.27. The van der Waals surface area contributed by atoms with Crippen LogP contribution in [0.2, 0.25) is 0 Å². The van der Waals surface area contributed by atoms with Crippen LogP contribution in [0.3, 0.4) is 0 Å². The number of ether oxygens (including phenoxy) is 2. The molecule has 0 aliphatic carbocycles. The molecule has 11 heteroatoms. The Hall–Kier alpha value is -2.57. The number of anilines is 1. The fourth-order valence-electron chi connectivity index (χ4n) is 4.79. The smallest absolute Gasteiger partial charge is 0.260 e. The summed E-state index contributed by atoms with van der Waals surface area (Å²) in [6.45, 7) is 9.69. The number of benzene rings is 2. The van der Waals surface area contributed by atoms with Crippen molar-refractivity contribution in [3.63, 3.8) is 0 Å². The minimum absolute atomic E-state index is 0.198. The molecule has 9 nitrogen and oxygen atoms in total. The van der Waals surface area contributed by atoms with Gasteiger partial charge in [-0.25, -0.2) is 13.4 Å². The molecule has 224 valence electrons. The highest BCUT2D eigenvalue weighted by Gasteiger charge is 2.26. The summed E-state index contributed by atoms with van der Waals surface area (Å²) in [6.07, 6.45) is 4.25. The molecule has 0 bridgehead atoms. The first-order valence-electron chi connectivity index (χ1n) is 14.5. The average molecular weight is 603 g/mol. The number of carbonyl (C=O) groups is 1. The van der Waals surface area contributed by atoms with E-state index in [0.717, 1.165) is 80.9 Å². The fraction of sp³-hybridized carbons (Fsp3) is 0.533. The monoisotopic (exact) mass is 602 g/mol. The van der Waals surface area contributed by atoms with Crippen LogP contribution >= 0.6 is 11.3 Å². The van der Waals surface area contributed by atoms with Crippen LogP contribution in [0.15, 0.2) is 47.4 Å². The Bertz CT molecular complexity index is 1360. The van der Waals surface area contributed by atoms with Gasteiger partial charge in [-0.15, -0.1) is 0 Å². The molecule has 1 aromatic heterocycles. The van der Waals surface area contributed by atoms with Crippen molar-refractivity contribution in [1.29, 1.82) is 0 Å². The molecule has 0 radical (unpaired) electrons. The summed E-state index contributed by atoms with van der Waals surface area (Å²) in [6, 6.07) is 12.0. The molecule has 1 aliphatic heterocycles. The zero-order valence-corrected chi connectivity index (χ0v) is 26.0. The van der Waals surface area contributed by atoms with Gasteiger partial charge >= 0.3 is 0 Å². The van der Waals surface area contributed by atoms with Crippen molar-refractivity contribution in [2.75, 3.05) is 64.5 Å². The van der Waals surface area contributed by atoms with E-state index in [0.29, 0.717) is 30.3 Å². The molecule has 0 spiro atoms. The largest absolute Gasteiger partial charge is 0.497 e. The predicted molar refractivity (Wildman–Crippen MR) is 165 cm³/mol. The van der Waals surface area contributed by atoms with Gasteiger partial charge in [0.25, 0.3) is 5.91 Å². The van der Waals surface area contributed by atoms with Crippen LogP contribution in [0.1, 0.15) is 56.3 Å². The van der Waals surface area contributed by atoms with Gasteiger partial charge in [-0.2, -0.15) is 4.31 Å². The average Bonchev–Trinajstić information content (AvgIpc) is 3.42. The van der Waals surface area contributed by atoms with E-state index in [9.17, 15) is 13.2 Å². The van der Waals surface area contributed by atoms with E-state index in [1.165, 1.54) is 11.3 Å². The number of unbranched alkanes of at least 4 members (excludes halogenated alkanes) is 2. The number of amides is 1. The van der Waals surface area contributed by atoms with E-state index >= 15 is 0 Å². The number of carbonyl (C=O) groups excluding carboxylic acids is 1. The Morgan fingerprint density at radius 1 is 1.00 bits per heavy atom. The maximum atomic E-state index is 13.9. The molecular weight excluding hydrogens is 560 g/mol. The lowest BCUT2D eigenvalue weighted by Crippen LogP contribution is -2.39. The Morgan fingerprint density at radius 2 is 1.68 bits per heavy atom. The van der Waals surface area contributed by atoms with Crippen LogP contribution < -0.4 is 9.64 Å². The summed E-state index contributed by atoms with van der Waals surface area (Å²) in [5.41, 5.74) is 1.23. The number of sulfonamides is 1. The predicted octanol–water partition coefficient (Wildman–Crippen LogP) is 5.26. The van der Waals surface area contributed by atoms with E-state index in [2.05, 4.69) is 18.7 Å². The first-order chi connectivity index (χ1) is 19.9. The molecule has 3 aromatic rings. The number of thiazole rings is 1. The Kier molecular flexibility index (Phi) is 11.5. The summed E-state index contributed by atoms with van der Waals surface area (Å²) in [5.74, 6) is 0.539. The van der Waals surface area contributed by atoms with Crippen molar-refractivity contribution in [2.45, 2.75) is 50.8 Å². The molecule has 41 heavy (non-hydrogen) atoms. The van der Waals surface area contributed by atoms with Gasteiger partial charge in [0, 0.05) is 44.8 Å². The summed E-state index contributed by atoms with van der Waals surface area (Å²) in [5, 5.41) is 0.613. The van der Waals surface area contributed by atoms with Crippen molar-refractivity contribution in [3.05, 3.63) is 48.0 Å². The van der Waals surface area contributed by atoms with Crippen molar-refractivity contribution >= 4 is 42.6 Å². The molecule has 0 atom stereocenters. The Labute approximate surface area is 248 Å². The summed E-state index contributed by atoms with van der Waals surface area (Å²) in [4.78, 5) is 22.9. The van der Waals surface area contributed by atoms with Crippen LogP contribution in [0.4, 0.5) is 5.13 Å². The molecule has 0 unspecified atom stereocenters. The highest BCUT2D eigenvalue weighted by Crippen LogP contribution is 2.32. The molecule has 1 saturated heterocycles. The SMILES string of the molecule is CCCCN(CCCC)S(=O)(=O)c1ccc(C(=O)N(CCCN2CCOCC2)c2nc3ccc(OC)cc3s2)cc1. The van der Waals surface area contributed by atoms with Crippen molar-refractivity contribution < 1.29 is 22.7 Å². The van der Waals surface area contributed by atoms with E-state index in [1.807, 2.05) is 18.2 Å². The number of hydrogen-bond acceptors (Lipinski definition) is 8. The number of fused-ring (bicyclic) bond motifs is 1. The highest BCUT2D eigenvalue weighted by atomic mass is 32.2. The normalized spacial score (nSPS) is 14.5. The maximum absolute atomic E-state index is 13.9. The Morgan fingerprint density at radius 3 is 2.32 bits per heavy atom. The number of nitrogens with zero attached hydrogens (tertiary/aromatic N) is 4. The molecule has 1 aliphatic rings. The minimum Gasteiger partial charge on any atom is -0.497 e. The maximum Gasteiger partial charge on any atom is 0.260 e. The lowest BCUT2D eigenvalue weighted by atomic mass is 10.2. The van der Waals surface area contributed by atoms with Crippen molar-refractivity contribution in [3.8, 4) is 5.75 Å². The van der Waals surface area contributed by atoms with Gasteiger partial charge in [-0.05, 0) is 61.7 Å². The van der Waals surface area contributed by atoms with Gasteiger partial charge in [-0.3, -0.25) is 14.6 Å². The number of hydrogen-bond donors (Lipinski definition) is 0. The third-order valence-corrected chi connectivity index (χ3v) is 10.2. The van der Waals surface area contributed by atoms with Gasteiger partial charge in [0.05, 0.1) is 35.4 Å². The van der Waals surface area contributed by atoms with Crippen LogP contribution in [0.5, 0.6) is 5.75 Å². The second kappa shape index (κ2) is 15.1. The van der Waals surface area contributed by atoms with E-state index in [-0.39, 0.29) is 10.8 Å². The molecule has 4 rings (SSSR count). The third-order valence-electron chi connectivity index (χ3n) is 7.28. The van der Waals surface area contributed by atoms with Gasteiger partial charge in [-0.1, -0.05) is 38.0 Å². The topological polar surface area (TPSA) is 92.3 Å². The fourth-order valence-corrected chi connectivity index (χ4v) is 7.33. The van der Waals surface area contributed by atoms with Crippen LogP contribution in [-0.4, -0.2) is 88.1 Å². The first-order valence-corrected chi connectivity index (χ1v) is 16.8. The van der Waals surface area contributed by atoms with Gasteiger partial charge in [0.15, 0.2) is 5.13 Å².